The van der Waals surface area contributed by atoms with Crippen LogP contribution >= 0.6 is 0 Å². The molecule has 0 unspecified atom stereocenters. The Morgan fingerprint density at radius 3 is 2.58 bits per heavy atom. The lowest BCUT2D eigenvalue weighted by atomic mass is 10.1. The molecule has 0 aliphatic carbocycles. The fraction of sp³-hybridized carbons (Fsp3) is 0.105. The third-order valence-electron chi connectivity index (χ3n) is 3.93. The number of anilines is 1. The predicted octanol–water partition coefficient (Wildman–Crippen LogP) is 2.94. The van der Waals surface area contributed by atoms with Gasteiger partial charge in [0.2, 0.25) is 5.96 Å². The maximum Gasteiger partial charge on any atom is 0.272 e. The molecule has 3 rings (SSSR count). The van der Waals surface area contributed by atoms with Crippen molar-refractivity contribution in [1.82, 2.24) is 10.4 Å². The number of hydrogen-bond donors (Lipinski definition) is 5. The summed E-state index contributed by atoms with van der Waals surface area (Å²) >= 11 is 0. The molecule has 26 heavy (non-hydrogen) atoms. The summed E-state index contributed by atoms with van der Waals surface area (Å²) in [5, 5.41) is 15.0. The van der Waals surface area contributed by atoms with E-state index >= 15 is 0 Å². The molecule has 7 heteroatoms. The van der Waals surface area contributed by atoms with Crippen LogP contribution in [0.4, 0.5) is 5.69 Å². The van der Waals surface area contributed by atoms with Gasteiger partial charge < -0.3 is 16.0 Å². The average Bonchev–Trinajstić information content (AvgIpc) is 3.03. The van der Waals surface area contributed by atoms with Crippen LogP contribution in [0.15, 0.2) is 53.6 Å². The first kappa shape index (κ1) is 17.2. The van der Waals surface area contributed by atoms with Crippen LogP contribution in [0.25, 0.3) is 10.9 Å². The number of rotatable bonds is 4. The van der Waals surface area contributed by atoms with E-state index in [1.165, 1.54) is 0 Å². The summed E-state index contributed by atoms with van der Waals surface area (Å²) in [6, 6.07) is 15.1. The van der Waals surface area contributed by atoms with E-state index < -0.39 is 0 Å². The Bertz CT molecular complexity index is 1000. The Hall–Kier alpha value is -3.61. The molecule has 1 heterocycles. The minimum absolute atomic E-state index is 0.199. The summed E-state index contributed by atoms with van der Waals surface area (Å²) in [7, 11) is 0. The Morgan fingerprint density at radius 2 is 1.88 bits per heavy atom. The minimum atomic E-state index is -0.221. The van der Waals surface area contributed by atoms with E-state index in [4.69, 9.17) is 11.1 Å². The summed E-state index contributed by atoms with van der Waals surface area (Å²) in [4.78, 5) is 15.6. The highest BCUT2D eigenvalue weighted by molar-refractivity contribution is 6.06. The quantitative estimate of drug-likeness (QED) is 0.283. The Labute approximate surface area is 150 Å². The van der Waals surface area contributed by atoms with Crippen LogP contribution in [0.5, 0.6) is 0 Å². The van der Waals surface area contributed by atoms with Crippen molar-refractivity contribution in [3.63, 3.8) is 0 Å². The van der Waals surface area contributed by atoms with Crippen molar-refractivity contribution in [2.24, 2.45) is 10.8 Å². The molecule has 6 N–H and O–H groups in total. The molecule has 0 aliphatic rings. The maximum atomic E-state index is 12.5. The zero-order valence-electron chi connectivity index (χ0n) is 14.6. The average molecular weight is 348 g/mol. The number of carbonyl (C=O) groups is 1. The molecule has 0 aliphatic heterocycles. The van der Waals surface area contributed by atoms with E-state index in [9.17, 15) is 4.79 Å². The Kier molecular flexibility index (Phi) is 4.70. The van der Waals surface area contributed by atoms with Crippen molar-refractivity contribution in [2.45, 2.75) is 13.8 Å². The fourth-order valence-electron chi connectivity index (χ4n) is 2.58. The number of hydrogen-bond acceptors (Lipinski definition) is 3. The standard InChI is InChI=1S/C19H20N6O/c1-11-3-8-16-14(9-11)10-17(23-16)18(26)22-15-6-4-13(5-7-15)12(2)24-25-19(20)21/h3-10,23H,1-2H3,(H,22,26)(H4,20,21,25)/b24-12+. The number of nitrogens with one attached hydrogen (secondary N) is 4. The van der Waals surface area contributed by atoms with Gasteiger partial charge in [-0.05, 0) is 49.7 Å². The first-order chi connectivity index (χ1) is 12.4. The number of benzene rings is 2. The molecule has 1 aromatic heterocycles. The van der Waals surface area contributed by atoms with Crippen LogP contribution in [0.2, 0.25) is 0 Å². The van der Waals surface area contributed by atoms with Crippen molar-refractivity contribution >= 4 is 34.2 Å². The molecule has 0 atom stereocenters. The number of carbonyl (C=O) groups excluding carboxylic acids is 1. The number of nitrogens with two attached hydrogens (primary N) is 1. The lowest BCUT2D eigenvalue weighted by Crippen LogP contribution is -2.26. The van der Waals surface area contributed by atoms with E-state index in [2.05, 4.69) is 20.8 Å². The first-order valence-corrected chi connectivity index (χ1v) is 8.08. The number of amides is 1. The van der Waals surface area contributed by atoms with Gasteiger partial charge >= 0.3 is 0 Å². The van der Waals surface area contributed by atoms with Crippen LogP contribution in [-0.2, 0) is 0 Å². The maximum absolute atomic E-state index is 12.5. The van der Waals surface area contributed by atoms with Gasteiger partial charge in [-0.3, -0.25) is 10.2 Å². The first-order valence-electron chi connectivity index (χ1n) is 8.08. The van der Waals surface area contributed by atoms with Crippen molar-refractivity contribution in [3.05, 3.63) is 65.4 Å². The Morgan fingerprint density at radius 1 is 1.15 bits per heavy atom. The molecular formula is C19H20N6O. The van der Waals surface area contributed by atoms with Crippen LogP contribution in [0.3, 0.4) is 0 Å². The number of aryl methyl sites for hydroxylation is 1. The molecule has 1 amide bonds. The second-order valence-electron chi connectivity index (χ2n) is 6.03. The highest BCUT2D eigenvalue weighted by atomic mass is 16.1. The summed E-state index contributed by atoms with van der Waals surface area (Å²) in [5.41, 5.74) is 12.4. The molecule has 3 aromatic rings. The highest BCUT2D eigenvalue weighted by Crippen LogP contribution is 2.18. The number of fused-ring (bicyclic) bond motifs is 1. The van der Waals surface area contributed by atoms with Gasteiger partial charge in [-0.1, -0.05) is 23.8 Å². The third kappa shape index (κ3) is 3.89. The van der Waals surface area contributed by atoms with Crippen molar-refractivity contribution < 1.29 is 4.79 Å². The summed E-state index contributed by atoms with van der Waals surface area (Å²) in [6.45, 7) is 3.82. The van der Waals surface area contributed by atoms with Gasteiger partial charge in [0.25, 0.3) is 5.91 Å². The Balaban J connectivity index is 1.72. The molecule has 2 aromatic carbocycles. The zero-order valence-corrected chi connectivity index (χ0v) is 14.6. The molecule has 0 saturated carbocycles. The van der Waals surface area contributed by atoms with Crippen molar-refractivity contribution in [1.29, 1.82) is 5.41 Å². The van der Waals surface area contributed by atoms with Gasteiger partial charge in [0.05, 0.1) is 5.71 Å². The normalized spacial score (nSPS) is 11.4. The number of guanidine groups is 1. The summed E-state index contributed by atoms with van der Waals surface area (Å²) < 4.78 is 0. The zero-order chi connectivity index (χ0) is 18.7. The molecule has 0 spiro atoms. The van der Waals surface area contributed by atoms with Gasteiger partial charge in [-0.2, -0.15) is 5.10 Å². The fourth-order valence-corrected chi connectivity index (χ4v) is 2.58. The number of hydrazone groups is 1. The van der Waals surface area contributed by atoms with E-state index in [1.807, 2.05) is 43.3 Å². The van der Waals surface area contributed by atoms with Crippen molar-refractivity contribution in [3.8, 4) is 0 Å². The van der Waals surface area contributed by atoms with Gasteiger partial charge in [-0.25, -0.2) is 5.43 Å². The van der Waals surface area contributed by atoms with Gasteiger partial charge in [0.1, 0.15) is 5.69 Å². The molecule has 0 bridgehead atoms. The van der Waals surface area contributed by atoms with Crippen LogP contribution in [0, 0.1) is 12.3 Å². The van der Waals surface area contributed by atoms with E-state index in [0.717, 1.165) is 22.0 Å². The van der Waals surface area contributed by atoms with Crippen molar-refractivity contribution in [2.75, 3.05) is 5.32 Å². The lowest BCUT2D eigenvalue weighted by molar-refractivity contribution is 0.102. The SMILES string of the molecule is C/C(=N\NC(=N)N)c1ccc(NC(=O)c2cc3cc(C)ccc3[nH]2)cc1. The van der Waals surface area contributed by atoms with Crippen LogP contribution in [0.1, 0.15) is 28.5 Å². The molecular weight excluding hydrogens is 328 g/mol. The molecule has 0 radical (unpaired) electrons. The molecule has 132 valence electrons. The largest absolute Gasteiger partial charge is 0.369 e. The second kappa shape index (κ2) is 7.10. The highest BCUT2D eigenvalue weighted by Gasteiger charge is 2.10. The summed E-state index contributed by atoms with van der Waals surface area (Å²) in [5.74, 6) is -0.419. The van der Waals surface area contributed by atoms with Gasteiger partial charge in [0.15, 0.2) is 0 Å². The van der Waals surface area contributed by atoms with Gasteiger partial charge in [0, 0.05) is 16.6 Å². The van der Waals surface area contributed by atoms with E-state index in [-0.39, 0.29) is 11.9 Å². The predicted molar refractivity (Wildman–Crippen MR) is 105 cm³/mol. The molecule has 0 saturated heterocycles. The number of H-pyrrole nitrogens is 1. The van der Waals surface area contributed by atoms with E-state index in [0.29, 0.717) is 17.1 Å². The molecule has 7 nitrogen and oxygen atoms in total. The van der Waals surface area contributed by atoms with Crippen LogP contribution in [-0.4, -0.2) is 22.6 Å². The second-order valence-corrected chi connectivity index (χ2v) is 6.03. The smallest absolute Gasteiger partial charge is 0.272 e. The topological polar surface area (TPSA) is 119 Å². The summed E-state index contributed by atoms with van der Waals surface area (Å²) in [6.07, 6.45) is 0. The third-order valence-corrected chi connectivity index (χ3v) is 3.93. The number of aromatic nitrogens is 1. The van der Waals surface area contributed by atoms with E-state index in [1.54, 1.807) is 19.1 Å². The minimum Gasteiger partial charge on any atom is -0.369 e. The van der Waals surface area contributed by atoms with Crippen LogP contribution < -0.4 is 16.5 Å². The number of aromatic amines is 1. The number of nitrogens with zero attached hydrogens (tertiary/aromatic N) is 1. The lowest BCUT2D eigenvalue weighted by Gasteiger charge is -2.06. The monoisotopic (exact) mass is 348 g/mol. The van der Waals surface area contributed by atoms with Gasteiger partial charge in [-0.15, -0.1) is 0 Å². The molecule has 0 fully saturated rings.